The second-order valence-electron chi connectivity index (χ2n) is 6.79. The number of fused-ring (bicyclic) bond motifs is 2. The third kappa shape index (κ3) is 3.72. The van der Waals surface area contributed by atoms with Gasteiger partial charge in [-0.2, -0.15) is 0 Å². The van der Waals surface area contributed by atoms with Crippen LogP contribution in [0.5, 0.6) is 0 Å². The van der Waals surface area contributed by atoms with Gasteiger partial charge >= 0.3 is 0 Å². The van der Waals surface area contributed by atoms with Crippen LogP contribution in [-0.2, 0) is 6.42 Å². The molecule has 3 heterocycles. The molecule has 0 fully saturated rings. The largest absolute Gasteiger partial charge is 0.368 e. The van der Waals surface area contributed by atoms with Gasteiger partial charge in [0, 0.05) is 12.2 Å². The average Bonchev–Trinajstić information content (AvgIpc) is 3.25. The molecule has 2 aromatic carbocycles. The smallest absolute Gasteiger partial charge is 0.260 e. The van der Waals surface area contributed by atoms with Crippen molar-refractivity contribution >= 4 is 49.9 Å². The third-order valence-corrected chi connectivity index (χ3v) is 5.69. The molecular formula is C22H18N6OS. The van der Waals surface area contributed by atoms with Crippen LogP contribution < -0.4 is 16.2 Å². The summed E-state index contributed by atoms with van der Waals surface area (Å²) >= 11 is 1.64. The number of aromatic nitrogens is 4. The first-order chi connectivity index (χ1) is 14.8. The van der Waals surface area contributed by atoms with Crippen molar-refractivity contribution in [2.75, 3.05) is 17.2 Å². The molecule has 148 valence electrons. The summed E-state index contributed by atoms with van der Waals surface area (Å²) in [5, 5.41) is 9.16. The molecule has 5 aromatic rings. The summed E-state index contributed by atoms with van der Waals surface area (Å²) < 4.78 is 1.08. The van der Waals surface area contributed by atoms with Crippen molar-refractivity contribution in [2.24, 2.45) is 0 Å². The Morgan fingerprint density at radius 2 is 1.83 bits per heavy atom. The molecule has 3 aromatic heterocycles. The molecule has 0 bridgehead atoms. The van der Waals surface area contributed by atoms with Crippen LogP contribution in [0.4, 0.5) is 17.5 Å². The minimum absolute atomic E-state index is 0.157. The molecule has 0 radical (unpaired) electrons. The lowest BCUT2D eigenvalue weighted by molar-refractivity contribution is 1.01. The second-order valence-corrected chi connectivity index (χ2v) is 7.70. The number of hydrogen-bond acceptors (Lipinski definition) is 7. The molecule has 0 saturated heterocycles. The van der Waals surface area contributed by atoms with E-state index in [1.165, 1.54) is 5.56 Å². The minimum atomic E-state index is -0.157. The fraction of sp³-hybridized carbons (Fsp3) is 0.0909. The summed E-state index contributed by atoms with van der Waals surface area (Å²) in [6.45, 7) is 0.774. The highest BCUT2D eigenvalue weighted by Crippen LogP contribution is 2.24. The number of rotatable bonds is 6. The highest BCUT2D eigenvalue weighted by molar-refractivity contribution is 7.17. The second kappa shape index (κ2) is 7.92. The SMILES string of the molecule is O=c1[nH]c(Nc2ccc(CCNc3ncnc4ccsc34)cc2)nc2ccccc12. The third-order valence-electron chi connectivity index (χ3n) is 4.78. The molecule has 8 heteroatoms. The number of hydrogen-bond donors (Lipinski definition) is 3. The van der Waals surface area contributed by atoms with Gasteiger partial charge in [0.15, 0.2) is 0 Å². The molecule has 30 heavy (non-hydrogen) atoms. The Bertz CT molecular complexity index is 1380. The zero-order valence-electron chi connectivity index (χ0n) is 15.9. The lowest BCUT2D eigenvalue weighted by Gasteiger charge is -2.09. The van der Waals surface area contributed by atoms with E-state index in [4.69, 9.17) is 0 Å². The van der Waals surface area contributed by atoms with E-state index in [1.807, 2.05) is 41.8 Å². The number of anilines is 3. The van der Waals surface area contributed by atoms with Gasteiger partial charge in [-0.25, -0.2) is 15.0 Å². The van der Waals surface area contributed by atoms with Gasteiger partial charge in [-0.3, -0.25) is 9.78 Å². The van der Waals surface area contributed by atoms with E-state index in [2.05, 4.69) is 42.7 Å². The van der Waals surface area contributed by atoms with Gasteiger partial charge in [-0.15, -0.1) is 11.3 Å². The molecule has 0 aliphatic carbocycles. The Morgan fingerprint density at radius 1 is 0.967 bits per heavy atom. The molecule has 0 unspecified atom stereocenters. The first kappa shape index (κ1) is 18.3. The van der Waals surface area contributed by atoms with Gasteiger partial charge in [-0.1, -0.05) is 24.3 Å². The Labute approximate surface area is 175 Å². The molecule has 7 nitrogen and oxygen atoms in total. The quantitative estimate of drug-likeness (QED) is 0.383. The van der Waals surface area contributed by atoms with E-state index in [-0.39, 0.29) is 5.56 Å². The van der Waals surface area contributed by atoms with E-state index in [9.17, 15) is 4.79 Å². The van der Waals surface area contributed by atoms with Gasteiger partial charge in [0.25, 0.3) is 5.56 Å². The van der Waals surface area contributed by atoms with Gasteiger partial charge < -0.3 is 10.6 Å². The first-order valence-corrected chi connectivity index (χ1v) is 10.4. The summed E-state index contributed by atoms with van der Waals surface area (Å²) in [6.07, 6.45) is 2.45. The summed E-state index contributed by atoms with van der Waals surface area (Å²) in [5.41, 5.74) is 3.53. The summed E-state index contributed by atoms with van der Waals surface area (Å²) in [7, 11) is 0. The van der Waals surface area contributed by atoms with Crippen LogP contribution in [0, 0.1) is 0 Å². The van der Waals surface area contributed by atoms with Gasteiger partial charge in [0.2, 0.25) is 5.95 Å². The Kier molecular flexibility index (Phi) is 4.82. The van der Waals surface area contributed by atoms with Crippen molar-refractivity contribution in [3.63, 3.8) is 0 Å². The van der Waals surface area contributed by atoms with E-state index in [1.54, 1.807) is 23.7 Å². The molecule has 0 saturated carbocycles. The fourth-order valence-electron chi connectivity index (χ4n) is 3.28. The van der Waals surface area contributed by atoms with Crippen LogP contribution in [0.3, 0.4) is 0 Å². The van der Waals surface area contributed by atoms with Crippen LogP contribution >= 0.6 is 11.3 Å². The number of thiophene rings is 1. The van der Waals surface area contributed by atoms with Crippen LogP contribution in [-0.4, -0.2) is 26.5 Å². The van der Waals surface area contributed by atoms with E-state index in [0.29, 0.717) is 16.9 Å². The van der Waals surface area contributed by atoms with Crippen molar-refractivity contribution < 1.29 is 0 Å². The van der Waals surface area contributed by atoms with Crippen LogP contribution in [0.2, 0.25) is 0 Å². The summed E-state index contributed by atoms with van der Waals surface area (Å²) in [5.74, 6) is 1.30. The molecule has 3 N–H and O–H groups in total. The standard InChI is InChI=1S/C22H18N6OS/c29-21-16-3-1-2-4-17(16)27-22(28-21)26-15-7-5-14(6-8-15)9-11-23-20-19-18(10-12-30-19)24-13-25-20/h1-8,10,12-13H,9,11H2,(H,23,24,25)(H2,26,27,28,29). The molecule has 0 aliphatic heterocycles. The zero-order valence-corrected chi connectivity index (χ0v) is 16.7. The number of nitrogens with zero attached hydrogens (tertiary/aromatic N) is 3. The topological polar surface area (TPSA) is 95.6 Å². The number of aromatic amines is 1. The van der Waals surface area contributed by atoms with E-state index in [0.717, 1.165) is 34.7 Å². The van der Waals surface area contributed by atoms with Crippen molar-refractivity contribution in [3.05, 3.63) is 82.2 Å². The van der Waals surface area contributed by atoms with E-state index >= 15 is 0 Å². The summed E-state index contributed by atoms with van der Waals surface area (Å²) in [4.78, 5) is 28.0. The molecule has 0 atom stereocenters. The van der Waals surface area contributed by atoms with Crippen molar-refractivity contribution in [1.29, 1.82) is 0 Å². The van der Waals surface area contributed by atoms with Crippen LogP contribution in [0.15, 0.2) is 71.1 Å². The lowest BCUT2D eigenvalue weighted by Crippen LogP contribution is -2.11. The normalized spacial score (nSPS) is 11.1. The van der Waals surface area contributed by atoms with Crippen LogP contribution in [0.1, 0.15) is 5.56 Å². The highest BCUT2D eigenvalue weighted by Gasteiger charge is 2.05. The van der Waals surface area contributed by atoms with Crippen molar-refractivity contribution in [2.45, 2.75) is 6.42 Å². The predicted molar refractivity (Wildman–Crippen MR) is 122 cm³/mol. The maximum Gasteiger partial charge on any atom is 0.260 e. The Hall–Kier alpha value is -3.78. The maximum atomic E-state index is 12.2. The van der Waals surface area contributed by atoms with Gasteiger partial charge in [0.05, 0.1) is 21.1 Å². The molecule has 5 rings (SSSR count). The maximum absolute atomic E-state index is 12.2. The van der Waals surface area contributed by atoms with Crippen LogP contribution in [0.25, 0.3) is 21.1 Å². The van der Waals surface area contributed by atoms with Gasteiger partial charge in [-0.05, 0) is 47.7 Å². The highest BCUT2D eigenvalue weighted by atomic mass is 32.1. The van der Waals surface area contributed by atoms with Crippen molar-refractivity contribution in [1.82, 2.24) is 19.9 Å². The number of para-hydroxylation sites is 1. The minimum Gasteiger partial charge on any atom is -0.368 e. The fourth-order valence-corrected chi connectivity index (χ4v) is 4.09. The van der Waals surface area contributed by atoms with E-state index < -0.39 is 0 Å². The number of benzene rings is 2. The number of H-pyrrole nitrogens is 1. The predicted octanol–water partition coefficient (Wildman–Crippen LogP) is 4.33. The monoisotopic (exact) mass is 414 g/mol. The Balaban J connectivity index is 1.23. The average molecular weight is 414 g/mol. The molecule has 0 aliphatic rings. The summed E-state index contributed by atoms with van der Waals surface area (Å²) in [6, 6.07) is 17.4. The molecule has 0 spiro atoms. The molecular weight excluding hydrogens is 396 g/mol. The first-order valence-electron chi connectivity index (χ1n) is 9.53. The number of nitrogens with one attached hydrogen (secondary N) is 3. The van der Waals surface area contributed by atoms with Gasteiger partial charge in [0.1, 0.15) is 12.1 Å². The Morgan fingerprint density at radius 3 is 2.73 bits per heavy atom. The lowest BCUT2D eigenvalue weighted by atomic mass is 10.1. The zero-order chi connectivity index (χ0) is 20.3. The molecule has 0 amide bonds. The van der Waals surface area contributed by atoms with Crippen molar-refractivity contribution in [3.8, 4) is 0 Å².